The minimum Gasteiger partial charge on any atom is -0.0622 e. The van der Waals surface area contributed by atoms with Crippen molar-refractivity contribution in [1.29, 1.82) is 0 Å². The van der Waals surface area contributed by atoms with Crippen LogP contribution in [-0.4, -0.2) is 0 Å². The van der Waals surface area contributed by atoms with Crippen LogP contribution in [0.1, 0.15) is 0 Å². The second kappa shape index (κ2) is 12.6. The Labute approximate surface area is 368 Å². The van der Waals surface area contributed by atoms with Crippen LogP contribution in [0.5, 0.6) is 0 Å². The monoisotopic (exact) mass is 804 g/mol. The SMILES string of the molecule is c1ccc(-c2ccccc2-c2c3cc4c(cc3c(-c3ccccc3-c3ccccc3)c3c5cc6ccccc6c6cccc(c23)c65)c2ccc3ccc5cccc6cc4c2c3c56)cc1. The number of fused-ring (bicyclic) bond motifs is 9. The molecule has 0 fully saturated rings. The zero-order chi connectivity index (χ0) is 41.6. The first-order valence-corrected chi connectivity index (χ1v) is 22.4. The third-order valence-electron chi connectivity index (χ3n) is 14.6. The van der Waals surface area contributed by atoms with Crippen LogP contribution in [0.15, 0.2) is 218 Å². The van der Waals surface area contributed by atoms with Crippen molar-refractivity contribution in [2.75, 3.05) is 0 Å². The van der Waals surface area contributed by atoms with Crippen molar-refractivity contribution in [2.45, 2.75) is 0 Å². The van der Waals surface area contributed by atoms with E-state index in [1.54, 1.807) is 0 Å². The first kappa shape index (κ1) is 34.3. The molecule has 0 saturated heterocycles. The Morgan fingerprint density at radius 2 is 0.641 bits per heavy atom. The fourth-order valence-corrected chi connectivity index (χ4v) is 12.1. The van der Waals surface area contributed by atoms with Crippen molar-refractivity contribution >= 4 is 108 Å². The highest BCUT2D eigenvalue weighted by molar-refractivity contribution is 6.45. The van der Waals surface area contributed by atoms with Gasteiger partial charge in [-0.25, -0.2) is 0 Å². The minimum atomic E-state index is 1.22. The van der Waals surface area contributed by atoms with Gasteiger partial charge in [0, 0.05) is 0 Å². The van der Waals surface area contributed by atoms with Gasteiger partial charge < -0.3 is 0 Å². The van der Waals surface area contributed by atoms with Crippen LogP contribution < -0.4 is 0 Å². The van der Waals surface area contributed by atoms with E-state index in [4.69, 9.17) is 0 Å². The summed E-state index contributed by atoms with van der Waals surface area (Å²) in [6.07, 6.45) is 0. The summed E-state index contributed by atoms with van der Waals surface area (Å²) in [4.78, 5) is 0. The molecule has 0 aliphatic carbocycles. The molecule has 292 valence electrons. The largest absolute Gasteiger partial charge is 0.0622 e. The molecule has 15 aromatic carbocycles. The van der Waals surface area contributed by atoms with Crippen LogP contribution in [0, 0.1) is 0 Å². The fourth-order valence-electron chi connectivity index (χ4n) is 12.1. The lowest BCUT2D eigenvalue weighted by molar-refractivity contribution is 1.61. The Morgan fingerprint density at radius 1 is 0.172 bits per heavy atom. The molecule has 0 bridgehead atoms. The quantitative estimate of drug-likeness (QED) is 0.155. The Morgan fingerprint density at radius 3 is 1.34 bits per heavy atom. The Hall–Kier alpha value is -8.32. The molecule has 0 heterocycles. The Balaban J connectivity index is 1.25. The second-order valence-corrected chi connectivity index (χ2v) is 17.8. The van der Waals surface area contributed by atoms with Crippen molar-refractivity contribution in [2.24, 2.45) is 0 Å². The van der Waals surface area contributed by atoms with Crippen molar-refractivity contribution < 1.29 is 0 Å². The summed E-state index contributed by atoms with van der Waals surface area (Å²) in [5.74, 6) is 0. The van der Waals surface area contributed by atoms with Crippen LogP contribution in [0.2, 0.25) is 0 Å². The molecule has 0 unspecified atom stereocenters. The molecule has 0 radical (unpaired) electrons. The molecule has 0 N–H and O–H groups in total. The molecule has 0 nitrogen and oxygen atoms in total. The zero-order valence-electron chi connectivity index (χ0n) is 34.8. The third-order valence-corrected chi connectivity index (χ3v) is 14.6. The maximum atomic E-state index is 2.59. The van der Waals surface area contributed by atoms with Gasteiger partial charge in [0.15, 0.2) is 0 Å². The van der Waals surface area contributed by atoms with Gasteiger partial charge in [0.05, 0.1) is 0 Å². The highest BCUT2D eigenvalue weighted by Gasteiger charge is 2.28. The summed E-state index contributed by atoms with van der Waals surface area (Å²) < 4.78 is 0. The number of hydrogen-bond acceptors (Lipinski definition) is 0. The molecule has 0 aliphatic rings. The molecule has 0 atom stereocenters. The average Bonchev–Trinajstić information content (AvgIpc) is 3.85. The molecule has 0 aromatic heterocycles. The highest BCUT2D eigenvalue weighted by Crippen LogP contribution is 2.56. The van der Waals surface area contributed by atoms with E-state index in [1.165, 1.54) is 152 Å². The van der Waals surface area contributed by atoms with Gasteiger partial charge in [-0.15, -0.1) is 0 Å². The van der Waals surface area contributed by atoms with Crippen molar-refractivity contribution in [1.82, 2.24) is 0 Å². The van der Waals surface area contributed by atoms with Gasteiger partial charge in [-0.05, 0) is 176 Å². The predicted octanol–water partition coefficient (Wildman–Crippen LogP) is 18.2. The summed E-state index contributed by atoms with van der Waals surface area (Å²) in [6.45, 7) is 0. The maximum absolute atomic E-state index is 2.59. The zero-order valence-corrected chi connectivity index (χ0v) is 34.8. The molecular weight excluding hydrogens is 769 g/mol. The van der Waals surface area contributed by atoms with E-state index in [2.05, 4.69) is 218 Å². The molecule has 15 aromatic rings. The molecule has 0 saturated carbocycles. The lowest BCUT2D eigenvalue weighted by Crippen LogP contribution is -1.93. The highest BCUT2D eigenvalue weighted by atomic mass is 14.3. The topological polar surface area (TPSA) is 0 Å². The lowest BCUT2D eigenvalue weighted by Gasteiger charge is -2.21. The lowest BCUT2D eigenvalue weighted by atomic mass is 9.82. The van der Waals surface area contributed by atoms with Gasteiger partial charge in [-0.2, -0.15) is 0 Å². The van der Waals surface area contributed by atoms with E-state index in [9.17, 15) is 0 Å². The van der Waals surface area contributed by atoms with E-state index in [-0.39, 0.29) is 0 Å². The summed E-state index contributed by atoms with van der Waals surface area (Å²) in [7, 11) is 0. The Bertz CT molecular complexity index is 4390. The molecular formula is C64H36. The van der Waals surface area contributed by atoms with Gasteiger partial charge >= 0.3 is 0 Å². The van der Waals surface area contributed by atoms with Crippen LogP contribution >= 0.6 is 0 Å². The molecule has 0 heteroatoms. The van der Waals surface area contributed by atoms with E-state index >= 15 is 0 Å². The molecule has 15 rings (SSSR count). The van der Waals surface area contributed by atoms with Crippen molar-refractivity contribution in [3.05, 3.63) is 218 Å². The Kier molecular flexibility index (Phi) is 6.77. The van der Waals surface area contributed by atoms with Crippen LogP contribution in [0.4, 0.5) is 0 Å². The maximum Gasteiger partial charge on any atom is -0.000696 e. The molecule has 0 spiro atoms. The number of rotatable bonds is 4. The van der Waals surface area contributed by atoms with Gasteiger partial charge in [0.1, 0.15) is 0 Å². The normalized spacial score (nSPS) is 12.4. The fraction of sp³-hybridized carbons (Fsp3) is 0. The van der Waals surface area contributed by atoms with E-state index < -0.39 is 0 Å². The number of benzene rings is 13. The first-order chi connectivity index (χ1) is 31.8. The van der Waals surface area contributed by atoms with E-state index in [1.807, 2.05) is 0 Å². The predicted molar refractivity (Wildman–Crippen MR) is 277 cm³/mol. The van der Waals surface area contributed by atoms with Crippen LogP contribution in [0.3, 0.4) is 0 Å². The van der Waals surface area contributed by atoms with Gasteiger partial charge in [0.25, 0.3) is 0 Å². The molecule has 0 aliphatic heterocycles. The second-order valence-electron chi connectivity index (χ2n) is 17.8. The average molecular weight is 805 g/mol. The first-order valence-electron chi connectivity index (χ1n) is 22.4. The smallest absolute Gasteiger partial charge is 0.000696 e. The minimum absolute atomic E-state index is 1.22. The third kappa shape index (κ3) is 4.46. The summed E-state index contributed by atoms with van der Waals surface area (Å²) >= 11 is 0. The van der Waals surface area contributed by atoms with Crippen LogP contribution in [-0.2, 0) is 0 Å². The van der Waals surface area contributed by atoms with E-state index in [0.29, 0.717) is 0 Å². The van der Waals surface area contributed by atoms with Crippen LogP contribution in [0.25, 0.3) is 152 Å². The van der Waals surface area contributed by atoms with Gasteiger partial charge in [-0.1, -0.05) is 194 Å². The number of hydrogen-bond donors (Lipinski definition) is 0. The van der Waals surface area contributed by atoms with Crippen molar-refractivity contribution in [3.63, 3.8) is 0 Å². The van der Waals surface area contributed by atoms with Gasteiger partial charge in [-0.3, -0.25) is 0 Å². The molecule has 64 heavy (non-hydrogen) atoms. The van der Waals surface area contributed by atoms with Gasteiger partial charge in [0.2, 0.25) is 0 Å². The molecule has 0 amide bonds. The summed E-state index contributed by atoms with van der Waals surface area (Å²) in [5, 5.41) is 26.2. The standard InChI is InChI=1S/C64H36/c1-3-15-37(16-4-1)43-22-9-11-25-47(43)61-55-36-52-51(49-32-31-40-30-29-39-20-13-21-42-34-53(52)60(49)58(40)57(39)42)35-54(55)62(48-26-12-10-23-44(48)38-17-5-2-6-18-38)64-56-33-41-19-7-8-24-45(41)46-27-14-28-50(59(46)56)63(61)64/h1-36H. The van der Waals surface area contributed by atoms with Crippen molar-refractivity contribution in [3.8, 4) is 44.5 Å². The summed E-state index contributed by atoms with van der Waals surface area (Å²) in [6, 6.07) is 82.4. The summed E-state index contributed by atoms with van der Waals surface area (Å²) in [5.41, 5.74) is 9.99. The van der Waals surface area contributed by atoms with E-state index in [0.717, 1.165) is 0 Å².